The van der Waals surface area contributed by atoms with Crippen molar-refractivity contribution in [2.75, 3.05) is 5.32 Å². The fraction of sp³-hybridized carbons (Fsp3) is 0.200. The molecule has 1 amide bonds. The van der Waals surface area contributed by atoms with Crippen molar-refractivity contribution in [2.45, 2.75) is 30.0 Å². The molecule has 12 heteroatoms. The van der Waals surface area contributed by atoms with E-state index in [2.05, 4.69) is 11.4 Å². The lowest BCUT2D eigenvalue weighted by Crippen LogP contribution is -2.21. The van der Waals surface area contributed by atoms with E-state index >= 15 is 0 Å². The monoisotopic (exact) mass is 535 g/mol. The van der Waals surface area contributed by atoms with Gasteiger partial charge in [-0.15, -0.1) is 0 Å². The minimum absolute atomic E-state index is 0.0177. The number of anilines is 1. The molecule has 0 unspecified atom stereocenters. The van der Waals surface area contributed by atoms with Gasteiger partial charge in [0, 0.05) is 23.7 Å². The van der Waals surface area contributed by atoms with Crippen molar-refractivity contribution in [1.29, 1.82) is 0 Å². The van der Waals surface area contributed by atoms with Crippen LogP contribution in [-0.4, -0.2) is 31.6 Å². The average Bonchev–Trinajstić information content (AvgIpc) is 3.65. The number of amides is 1. The van der Waals surface area contributed by atoms with E-state index in [1.165, 1.54) is 6.07 Å². The topological polar surface area (TPSA) is 153 Å². The number of sulfonamides is 1. The van der Waals surface area contributed by atoms with Gasteiger partial charge in [-0.1, -0.05) is 54.6 Å². The SMILES string of the molecule is NCc1cccc([C@@H]2C[C@H]2C(=O)Nc2ccc(-c3ccccc3S(N)(=O)=O)cc2)c1.O=C(O)C(F)(F)F. The second kappa shape index (κ2) is 11.1. The highest BCUT2D eigenvalue weighted by Crippen LogP contribution is 2.48. The number of nitrogens with one attached hydrogen (secondary N) is 1. The number of rotatable bonds is 6. The quantitative estimate of drug-likeness (QED) is 0.376. The number of aliphatic carboxylic acids is 1. The summed E-state index contributed by atoms with van der Waals surface area (Å²) >= 11 is 0. The Balaban J connectivity index is 0.000000479. The maximum atomic E-state index is 12.6. The van der Waals surface area contributed by atoms with Gasteiger partial charge in [-0.25, -0.2) is 18.4 Å². The number of halogens is 3. The summed E-state index contributed by atoms with van der Waals surface area (Å²) in [6.07, 6.45) is -4.26. The van der Waals surface area contributed by atoms with Crippen LogP contribution < -0.4 is 16.2 Å². The van der Waals surface area contributed by atoms with Gasteiger partial charge in [0.05, 0.1) is 4.90 Å². The molecule has 1 saturated carbocycles. The molecule has 0 bridgehead atoms. The van der Waals surface area contributed by atoms with Gasteiger partial charge in [0.2, 0.25) is 15.9 Å². The van der Waals surface area contributed by atoms with E-state index in [0.29, 0.717) is 23.4 Å². The lowest BCUT2D eigenvalue weighted by molar-refractivity contribution is -0.192. The van der Waals surface area contributed by atoms with Crippen LogP contribution in [0.2, 0.25) is 0 Å². The Kier molecular flexibility index (Phi) is 8.36. The molecule has 0 spiro atoms. The summed E-state index contributed by atoms with van der Waals surface area (Å²) in [7, 11) is -3.83. The van der Waals surface area contributed by atoms with Crippen LogP contribution in [0.15, 0.2) is 77.7 Å². The van der Waals surface area contributed by atoms with Crippen LogP contribution in [-0.2, 0) is 26.2 Å². The molecule has 2 atom stereocenters. The van der Waals surface area contributed by atoms with Crippen molar-refractivity contribution in [3.8, 4) is 11.1 Å². The molecule has 37 heavy (non-hydrogen) atoms. The van der Waals surface area contributed by atoms with Crippen LogP contribution in [0.5, 0.6) is 0 Å². The van der Waals surface area contributed by atoms with Crippen LogP contribution in [0, 0.1) is 5.92 Å². The molecule has 1 fully saturated rings. The smallest absolute Gasteiger partial charge is 0.475 e. The molecule has 196 valence electrons. The third kappa shape index (κ3) is 7.38. The Hall–Kier alpha value is -3.74. The first-order valence-electron chi connectivity index (χ1n) is 10.9. The summed E-state index contributed by atoms with van der Waals surface area (Å²) in [4.78, 5) is 21.6. The van der Waals surface area contributed by atoms with Crippen molar-refractivity contribution < 1.29 is 36.3 Å². The molecule has 3 aromatic carbocycles. The van der Waals surface area contributed by atoms with Crippen molar-refractivity contribution in [2.24, 2.45) is 16.8 Å². The molecule has 8 nitrogen and oxygen atoms in total. The first-order valence-corrected chi connectivity index (χ1v) is 12.5. The third-order valence-corrected chi connectivity index (χ3v) is 6.61. The Bertz CT molecular complexity index is 1390. The predicted octanol–water partition coefficient (Wildman–Crippen LogP) is 3.84. The zero-order valence-electron chi connectivity index (χ0n) is 19.3. The fourth-order valence-corrected chi connectivity index (χ4v) is 4.49. The molecule has 6 N–H and O–H groups in total. The molecule has 0 saturated heterocycles. The second-order valence-electron chi connectivity index (χ2n) is 8.31. The number of alkyl halides is 3. The van der Waals surface area contributed by atoms with E-state index in [1.54, 1.807) is 42.5 Å². The molecule has 1 aliphatic rings. The van der Waals surface area contributed by atoms with E-state index in [4.69, 9.17) is 20.8 Å². The van der Waals surface area contributed by atoms with Crippen molar-refractivity contribution in [1.82, 2.24) is 0 Å². The Morgan fingerprint density at radius 3 is 2.19 bits per heavy atom. The van der Waals surface area contributed by atoms with Crippen molar-refractivity contribution in [3.05, 3.63) is 83.9 Å². The van der Waals surface area contributed by atoms with Gasteiger partial charge in [-0.05, 0) is 47.2 Å². The van der Waals surface area contributed by atoms with Crippen LogP contribution in [0.25, 0.3) is 11.1 Å². The van der Waals surface area contributed by atoms with Gasteiger partial charge < -0.3 is 16.2 Å². The first-order chi connectivity index (χ1) is 17.3. The van der Waals surface area contributed by atoms with Crippen LogP contribution in [0.1, 0.15) is 23.5 Å². The molecule has 0 aromatic heterocycles. The number of benzene rings is 3. The van der Waals surface area contributed by atoms with E-state index < -0.39 is 22.2 Å². The van der Waals surface area contributed by atoms with Gasteiger partial charge in [-0.3, -0.25) is 4.79 Å². The number of nitrogens with two attached hydrogens (primary N) is 2. The summed E-state index contributed by atoms with van der Waals surface area (Å²) in [6, 6.07) is 21.7. The maximum Gasteiger partial charge on any atom is 0.490 e. The number of carboxylic acid groups (broad SMARTS) is 1. The first kappa shape index (κ1) is 27.8. The molecular formula is C25H24F3N3O5S. The van der Waals surface area contributed by atoms with Crippen molar-refractivity contribution >= 4 is 27.6 Å². The number of hydrogen-bond acceptors (Lipinski definition) is 5. The van der Waals surface area contributed by atoms with Crippen molar-refractivity contribution in [3.63, 3.8) is 0 Å². The number of primary sulfonamides is 1. The Morgan fingerprint density at radius 1 is 1.00 bits per heavy atom. The minimum atomic E-state index is -5.08. The van der Waals surface area contributed by atoms with E-state index in [9.17, 15) is 26.4 Å². The zero-order chi connectivity index (χ0) is 27.4. The molecule has 4 rings (SSSR count). The van der Waals surface area contributed by atoms with Crippen LogP contribution in [0.3, 0.4) is 0 Å². The van der Waals surface area contributed by atoms with E-state index in [1.807, 2.05) is 18.2 Å². The zero-order valence-corrected chi connectivity index (χ0v) is 20.1. The molecule has 0 heterocycles. The maximum absolute atomic E-state index is 12.6. The molecule has 3 aromatic rings. The lowest BCUT2D eigenvalue weighted by Gasteiger charge is -2.10. The minimum Gasteiger partial charge on any atom is -0.475 e. The third-order valence-electron chi connectivity index (χ3n) is 5.64. The highest BCUT2D eigenvalue weighted by Gasteiger charge is 2.44. The summed E-state index contributed by atoms with van der Waals surface area (Å²) < 4.78 is 55.4. The van der Waals surface area contributed by atoms with Crippen LogP contribution in [0.4, 0.5) is 18.9 Å². The van der Waals surface area contributed by atoms with Crippen LogP contribution >= 0.6 is 0 Å². The van der Waals surface area contributed by atoms with Gasteiger partial charge in [0.15, 0.2) is 0 Å². The second-order valence-corrected chi connectivity index (χ2v) is 9.84. The number of carbonyl (C=O) groups is 2. The van der Waals surface area contributed by atoms with Gasteiger partial charge in [0.25, 0.3) is 0 Å². The molecular weight excluding hydrogens is 511 g/mol. The van der Waals surface area contributed by atoms with E-state index in [-0.39, 0.29) is 22.6 Å². The summed E-state index contributed by atoms with van der Waals surface area (Å²) in [5.41, 5.74) is 9.82. The molecule has 0 aliphatic heterocycles. The van der Waals surface area contributed by atoms with Gasteiger partial charge in [-0.2, -0.15) is 13.2 Å². The Labute approximate surface area is 211 Å². The van der Waals surface area contributed by atoms with Gasteiger partial charge >= 0.3 is 12.1 Å². The number of carboxylic acids is 1. The highest BCUT2D eigenvalue weighted by molar-refractivity contribution is 7.89. The fourth-order valence-electron chi connectivity index (χ4n) is 3.73. The number of hydrogen-bond donors (Lipinski definition) is 4. The average molecular weight is 536 g/mol. The summed E-state index contributed by atoms with van der Waals surface area (Å²) in [5, 5.41) is 15.4. The van der Waals surface area contributed by atoms with Gasteiger partial charge in [0.1, 0.15) is 0 Å². The van der Waals surface area contributed by atoms with E-state index in [0.717, 1.165) is 17.5 Å². The normalized spacial score (nSPS) is 16.8. The Morgan fingerprint density at radius 2 is 1.62 bits per heavy atom. The highest BCUT2D eigenvalue weighted by atomic mass is 32.2. The predicted molar refractivity (Wildman–Crippen MR) is 131 cm³/mol. The standard InChI is InChI=1S/C23H23N3O3S.C2HF3O2/c24-14-15-4-3-5-17(12-15)20-13-21(20)23(27)26-18-10-8-16(9-11-18)19-6-1-2-7-22(19)30(25,28)29;3-2(4,5)1(6)7/h1-12,20-21H,13-14,24H2,(H,26,27)(H2,25,28,29);(H,6,7)/t20-,21+;/m0./s1. The molecule has 0 radical (unpaired) electrons. The lowest BCUT2D eigenvalue weighted by atomic mass is 10.0. The number of carbonyl (C=O) groups excluding carboxylic acids is 1. The summed E-state index contributed by atoms with van der Waals surface area (Å²) in [5.74, 6) is -2.61. The summed E-state index contributed by atoms with van der Waals surface area (Å²) in [6.45, 7) is 0.484. The molecule has 1 aliphatic carbocycles. The largest absolute Gasteiger partial charge is 0.490 e.